The Labute approximate surface area is 184 Å². The van der Waals surface area contributed by atoms with Gasteiger partial charge in [0.1, 0.15) is 24.5 Å². The van der Waals surface area contributed by atoms with Gasteiger partial charge in [-0.2, -0.15) is 0 Å². The first-order valence-electron chi connectivity index (χ1n) is 10.4. The summed E-state index contributed by atoms with van der Waals surface area (Å²) in [6.07, 6.45) is 4.17. The van der Waals surface area contributed by atoms with E-state index in [0.717, 1.165) is 44.6 Å². The number of hydrogen-bond acceptors (Lipinski definition) is 8. The predicted octanol–water partition coefficient (Wildman–Crippen LogP) is 4.55. The van der Waals surface area contributed by atoms with Gasteiger partial charge in [0.25, 0.3) is 0 Å². The number of nitrogen functional groups attached to an aromatic ring is 1. The lowest BCUT2D eigenvalue weighted by atomic mass is 10.1. The van der Waals surface area contributed by atoms with E-state index in [0.29, 0.717) is 12.4 Å². The van der Waals surface area contributed by atoms with Crippen molar-refractivity contribution in [1.82, 2.24) is 19.9 Å². The predicted molar refractivity (Wildman–Crippen MR) is 126 cm³/mol. The molecule has 0 saturated carbocycles. The molecule has 2 aromatic carbocycles. The summed E-state index contributed by atoms with van der Waals surface area (Å²) in [7, 11) is 0. The van der Waals surface area contributed by atoms with Gasteiger partial charge in [-0.3, -0.25) is 4.90 Å². The van der Waals surface area contributed by atoms with E-state index in [2.05, 4.69) is 25.2 Å². The molecule has 8 heteroatoms. The van der Waals surface area contributed by atoms with E-state index in [-0.39, 0.29) is 0 Å². The molecule has 1 fully saturated rings. The summed E-state index contributed by atoms with van der Waals surface area (Å²) in [4.78, 5) is 16.6. The van der Waals surface area contributed by atoms with Crippen molar-refractivity contribution in [3.8, 4) is 16.3 Å². The molecule has 0 spiro atoms. The van der Waals surface area contributed by atoms with Crippen molar-refractivity contribution >= 4 is 38.9 Å². The van der Waals surface area contributed by atoms with Gasteiger partial charge in [0, 0.05) is 17.6 Å². The van der Waals surface area contributed by atoms with Crippen molar-refractivity contribution in [3.63, 3.8) is 0 Å². The van der Waals surface area contributed by atoms with Crippen LogP contribution in [-0.4, -0.2) is 46.1 Å². The van der Waals surface area contributed by atoms with Crippen LogP contribution in [0, 0.1) is 0 Å². The van der Waals surface area contributed by atoms with Gasteiger partial charge in [-0.25, -0.2) is 15.0 Å². The maximum atomic E-state index is 6.22. The largest absolute Gasteiger partial charge is 0.492 e. The Morgan fingerprint density at radius 1 is 1.03 bits per heavy atom. The van der Waals surface area contributed by atoms with Crippen LogP contribution in [0.5, 0.6) is 5.75 Å². The fourth-order valence-corrected chi connectivity index (χ4v) is 4.71. The molecule has 0 aliphatic carbocycles. The molecule has 4 aromatic rings. The highest BCUT2D eigenvalue weighted by atomic mass is 32.1. The molecule has 5 rings (SSSR count). The van der Waals surface area contributed by atoms with Gasteiger partial charge in [-0.1, -0.05) is 29.5 Å². The van der Waals surface area contributed by atoms with Gasteiger partial charge < -0.3 is 15.8 Å². The molecule has 0 bridgehead atoms. The average Bonchev–Trinajstić information content (AvgIpc) is 3.44. The second-order valence-electron chi connectivity index (χ2n) is 7.52. The zero-order valence-electron chi connectivity index (χ0n) is 17.1. The highest BCUT2D eigenvalue weighted by molar-refractivity contribution is 7.19. The summed E-state index contributed by atoms with van der Waals surface area (Å²) >= 11 is 1.48. The molecule has 0 amide bonds. The van der Waals surface area contributed by atoms with Crippen molar-refractivity contribution in [2.24, 2.45) is 0 Å². The Balaban J connectivity index is 1.26. The number of thiazole rings is 1. The standard InChI is InChI=1S/C23H24N6OS/c24-22-21(20-18-5-1-2-6-19(18)25-15-26-20)31-23(28-22)27-16-7-9-17(10-8-16)30-14-13-29-11-3-4-12-29/h1-2,5-10,15H,3-4,11-14,24H2,(H,27,28). The second-order valence-corrected chi connectivity index (χ2v) is 8.52. The van der Waals surface area contributed by atoms with E-state index in [1.54, 1.807) is 6.33 Å². The third-order valence-corrected chi connectivity index (χ3v) is 6.39. The first-order chi connectivity index (χ1) is 15.3. The topological polar surface area (TPSA) is 89.2 Å². The summed E-state index contributed by atoms with van der Waals surface area (Å²) in [5.41, 5.74) is 8.84. The fraction of sp³-hybridized carbons (Fsp3) is 0.261. The summed E-state index contributed by atoms with van der Waals surface area (Å²) in [5.74, 6) is 1.33. The van der Waals surface area contributed by atoms with E-state index in [4.69, 9.17) is 10.5 Å². The summed E-state index contributed by atoms with van der Waals surface area (Å²) in [6.45, 7) is 4.08. The zero-order valence-corrected chi connectivity index (χ0v) is 17.9. The Kier molecular flexibility index (Phi) is 5.64. The molecule has 3 N–H and O–H groups in total. The number of anilines is 3. The average molecular weight is 433 g/mol. The molecular formula is C23H24N6OS. The number of fused-ring (bicyclic) bond motifs is 1. The zero-order chi connectivity index (χ0) is 21.0. The Bertz CT molecular complexity index is 1170. The van der Waals surface area contributed by atoms with Gasteiger partial charge in [0.2, 0.25) is 0 Å². The number of aromatic nitrogens is 3. The SMILES string of the molecule is Nc1nc(Nc2ccc(OCCN3CCCC3)cc2)sc1-c1ncnc2ccccc12. The molecule has 1 aliphatic heterocycles. The molecule has 3 heterocycles. The minimum absolute atomic E-state index is 0.457. The number of nitrogens with zero attached hydrogens (tertiary/aromatic N) is 4. The number of benzene rings is 2. The quantitative estimate of drug-likeness (QED) is 0.443. The van der Waals surface area contributed by atoms with Gasteiger partial charge in [-0.15, -0.1) is 0 Å². The fourth-order valence-electron chi connectivity index (χ4n) is 3.80. The van der Waals surface area contributed by atoms with Crippen LogP contribution in [0.1, 0.15) is 12.8 Å². The summed E-state index contributed by atoms with van der Waals surface area (Å²) < 4.78 is 5.88. The number of para-hydroxylation sites is 1. The van der Waals surface area contributed by atoms with Crippen LogP contribution in [0.2, 0.25) is 0 Å². The minimum atomic E-state index is 0.457. The Morgan fingerprint density at radius 2 is 1.84 bits per heavy atom. The van der Waals surface area contributed by atoms with Crippen LogP contribution in [0.4, 0.5) is 16.6 Å². The number of nitrogens with one attached hydrogen (secondary N) is 1. The van der Waals surface area contributed by atoms with Gasteiger partial charge >= 0.3 is 0 Å². The number of rotatable bonds is 7. The molecule has 7 nitrogen and oxygen atoms in total. The maximum Gasteiger partial charge on any atom is 0.189 e. The molecule has 0 unspecified atom stereocenters. The normalized spacial score (nSPS) is 14.2. The second kappa shape index (κ2) is 8.87. The van der Waals surface area contributed by atoms with Gasteiger partial charge in [0.05, 0.1) is 16.1 Å². The molecule has 2 aromatic heterocycles. The van der Waals surface area contributed by atoms with Gasteiger partial charge in [-0.05, 0) is 56.3 Å². The lowest BCUT2D eigenvalue weighted by Crippen LogP contribution is -2.25. The first-order valence-corrected chi connectivity index (χ1v) is 11.3. The van der Waals surface area contributed by atoms with E-state index in [9.17, 15) is 0 Å². The van der Waals surface area contributed by atoms with Crippen molar-refractivity contribution in [3.05, 3.63) is 54.9 Å². The van der Waals surface area contributed by atoms with E-state index in [1.807, 2.05) is 48.5 Å². The lowest BCUT2D eigenvalue weighted by Gasteiger charge is -2.15. The monoisotopic (exact) mass is 432 g/mol. The lowest BCUT2D eigenvalue weighted by molar-refractivity contribution is 0.238. The number of likely N-dealkylation sites (tertiary alicyclic amines) is 1. The number of hydrogen-bond donors (Lipinski definition) is 2. The molecule has 31 heavy (non-hydrogen) atoms. The van der Waals surface area contributed by atoms with Crippen molar-refractivity contribution < 1.29 is 4.74 Å². The van der Waals surface area contributed by atoms with Crippen LogP contribution in [-0.2, 0) is 0 Å². The van der Waals surface area contributed by atoms with Crippen molar-refractivity contribution in [2.75, 3.05) is 37.3 Å². The highest BCUT2D eigenvalue weighted by Gasteiger charge is 2.15. The van der Waals surface area contributed by atoms with Crippen LogP contribution < -0.4 is 15.8 Å². The van der Waals surface area contributed by atoms with E-state index < -0.39 is 0 Å². The van der Waals surface area contributed by atoms with Crippen LogP contribution >= 0.6 is 11.3 Å². The van der Waals surface area contributed by atoms with Crippen LogP contribution in [0.3, 0.4) is 0 Å². The molecule has 158 valence electrons. The van der Waals surface area contributed by atoms with E-state index in [1.165, 1.54) is 37.3 Å². The number of nitrogens with two attached hydrogens (primary N) is 1. The third kappa shape index (κ3) is 4.45. The van der Waals surface area contributed by atoms with Gasteiger partial charge in [0.15, 0.2) is 5.13 Å². The molecule has 1 saturated heterocycles. The molecule has 1 aliphatic rings. The minimum Gasteiger partial charge on any atom is -0.492 e. The highest BCUT2D eigenvalue weighted by Crippen LogP contribution is 2.37. The summed E-state index contributed by atoms with van der Waals surface area (Å²) in [6, 6.07) is 15.8. The van der Waals surface area contributed by atoms with Crippen molar-refractivity contribution in [2.45, 2.75) is 12.8 Å². The smallest absolute Gasteiger partial charge is 0.189 e. The molecule has 0 atom stereocenters. The molecular weight excluding hydrogens is 408 g/mol. The Hall–Kier alpha value is -3.23. The maximum absolute atomic E-state index is 6.22. The van der Waals surface area contributed by atoms with Crippen LogP contribution in [0.15, 0.2) is 54.9 Å². The first kappa shape index (κ1) is 19.7. The van der Waals surface area contributed by atoms with Crippen molar-refractivity contribution in [1.29, 1.82) is 0 Å². The van der Waals surface area contributed by atoms with Crippen LogP contribution in [0.25, 0.3) is 21.5 Å². The third-order valence-electron chi connectivity index (χ3n) is 5.39. The summed E-state index contributed by atoms with van der Waals surface area (Å²) in [5, 5.41) is 5.01. The Morgan fingerprint density at radius 3 is 2.68 bits per heavy atom. The molecule has 0 radical (unpaired) electrons. The van der Waals surface area contributed by atoms with E-state index >= 15 is 0 Å². The number of ether oxygens (including phenoxy) is 1.